The zero-order valence-corrected chi connectivity index (χ0v) is 47.8. The number of aryl methyl sites for hydroxylation is 1. The van der Waals surface area contributed by atoms with E-state index in [0.29, 0.717) is 64.6 Å². The zero-order chi connectivity index (χ0) is 52.0. The van der Waals surface area contributed by atoms with Crippen molar-refractivity contribution in [2.75, 3.05) is 33.7 Å². The average Bonchev–Trinajstić information content (AvgIpc) is 3.69. The molecule has 2 heterocycles. The fourth-order valence-electron chi connectivity index (χ4n) is 9.00. The monoisotopic (exact) mass is 1000 g/mol. The van der Waals surface area contributed by atoms with Gasteiger partial charge in [0.1, 0.15) is 18.5 Å². The molecule has 1 N–H and O–H groups in total. The van der Waals surface area contributed by atoms with Crippen molar-refractivity contribution < 1.29 is 33.4 Å². The highest BCUT2D eigenvalue weighted by Gasteiger charge is 2.28. The van der Waals surface area contributed by atoms with Crippen molar-refractivity contribution >= 4 is 41.4 Å². The first-order valence-corrected chi connectivity index (χ1v) is 30.0. The number of aldehydes is 1. The predicted molar refractivity (Wildman–Crippen MR) is 296 cm³/mol. The normalized spacial score (nSPS) is 12.4. The molecule has 408 valence electrons. The first-order valence-electron chi connectivity index (χ1n) is 29.1. The van der Waals surface area contributed by atoms with E-state index in [2.05, 4.69) is 33.0 Å². The molecule has 11 heteroatoms. The van der Waals surface area contributed by atoms with Gasteiger partial charge < -0.3 is 29.4 Å². The molecule has 1 aliphatic rings. The van der Waals surface area contributed by atoms with Crippen LogP contribution in [0, 0.1) is 6.92 Å². The maximum atomic E-state index is 13.0. The highest BCUT2D eigenvalue weighted by atomic mass is 32.1. The number of nitrogens with zero attached hydrogens (tertiary/aromatic N) is 2. The number of amides is 2. The number of rotatable bonds is 42. The summed E-state index contributed by atoms with van der Waals surface area (Å²) in [7, 11) is 3.98. The Morgan fingerprint density at radius 3 is 1.47 bits per heavy atom. The van der Waals surface area contributed by atoms with Crippen LogP contribution in [0.4, 0.5) is 0 Å². The Bertz CT molecular complexity index is 1430. The van der Waals surface area contributed by atoms with Crippen molar-refractivity contribution in [1.29, 1.82) is 0 Å². The van der Waals surface area contributed by atoms with Crippen LogP contribution >= 0.6 is 11.3 Å². The van der Waals surface area contributed by atoms with Gasteiger partial charge in [0.25, 0.3) is 5.91 Å². The molecule has 0 radical (unpaired) electrons. The van der Waals surface area contributed by atoms with E-state index in [1.54, 1.807) is 11.3 Å². The van der Waals surface area contributed by atoms with Gasteiger partial charge in [0.15, 0.2) is 0 Å². The SMILES string of the molecule is CC.CCCCCCCCC(CCCCCC)OC(=O)CCCCC=O.CCCCCCCCC(CCCCCCCC)OC(=O)CCCCC(=O)N1CCc2c(sc(C)c2C(=O)NCCN(C)C)C1. The van der Waals surface area contributed by atoms with Crippen LogP contribution in [0.15, 0.2) is 0 Å². The maximum absolute atomic E-state index is 13.0. The summed E-state index contributed by atoms with van der Waals surface area (Å²) in [4.78, 5) is 67.0. The van der Waals surface area contributed by atoms with Crippen LogP contribution in [0.3, 0.4) is 0 Å². The number of unbranched alkanes of at least 4 members (excludes halogenated alkanes) is 21. The van der Waals surface area contributed by atoms with Gasteiger partial charge in [-0.25, -0.2) is 0 Å². The van der Waals surface area contributed by atoms with Crippen LogP contribution in [-0.2, 0) is 41.6 Å². The Morgan fingerprint density at radius 2 is 1.03 bits per heavy atom. The third-order valence-electron chi connectivity index (χ3n) is 13.2. The first kappa shape index (κ1) is 67.2. The zero-order valence-electron chi connectivity index (χ0n) is 47.0. The standard InChI is InChI=1S/C36H63N3O4S.C21H40O3.C2H6/c1-6-8-10-12-14-16-20-30(21-17-15-13-11-9-7-2)43-34(41)23-19-18-22-33(40)39-26-24-31-32(28-39)44-29(3)35(31)36(42)37-25-27-38(4)5;1-3-5-7-9-10-13-17-20(16-12-8-6-4-2)24-21(23)18-14-11-15-19-22;1-2/h30H,6-28H2,1-5H3,(H,37,42);19-20H,3-18H2,1-2H3;1-2H3. The van der Waals surface area contributed by atoms with Gasteiger partial charge in [0, 0.05) is 55.1 Å². The second kappa shape index (κ2) is 47.2. The van der Waals surface area contributed by atoms with Gasteiger partial charge in [-0.2, -0.15) is 0 Å². The lowest BCUT2D eigenvalue weighted by atomic mass is 10.0. The molecule has 1 atom stereocenters. The Hall–Kier alpha value is -2.79. The number of carbonyl (C=O) groups excluding carboxylic acids is 5. The Morgan fingerprint density at radius 1 is 0.614 bits per heavy atom. The number of likely N-dealkylation sites (N-methyl/N-ethyl adjacent to an activating group) is 1. The third-order valence-corrected chi connectivity index (χ3v) is 14.4. The lowest BCUT2D eigenvalue weighted by Gasteiger charge is -2.27. The Balaban J connectivity index is 0.00000155. The number of carbonyl (C=O) groups is 5. The molecule has 0 spiro atoms. The molecule has 1 unspecified atom stereocenters. The van der Waals surface area contributed by atoms with Gasteiger partial charge in [0.2, 0.25) is 5.91 Å². The summed E-state index contributed by atoms with van der Waals surface area (Å²) in [5.41, 5.74) is 1.92. The van der Waals surface area contributed by atoms with Crippen LogP contribution in [0.1, 0.15) is 286 Å². The fourth-order valence-corrected chi connectivity index (χ4v) is 10.2. The summed E-state index contributed by atoms with van der Waals surface area (Å²) in [6.07, 6.45) is 38.1. The third kappa shape index (κ3) is 35.3. The van der Waals surface area contributed by atoms with Crippen molar-refractivity contribution in [3.8, 4) is 0 Å². The number of thiophene rings is 1. The molecular weight excluding hydrogens is 895 g/mol. The first-order chi connectivity index (χ1) is 34.0. The molecule has 0 saturated carbocycles. The summed E-state index contributed by atoms with van der Waals surface area (Å²) in [6, 6.07) is 0. The molecule has 2 amide bonds. The summed E-state index contributed by atoms with van der Waals surface area (Å²) in [5, 5.41) is 3.04. The van der Waals surface area contributed by atoms with E-state index >= 15 is 0 Å². The summed E-state index contributed by atoms with van der Waals surface area (Å²) < 4.78 is 11.7. The van der Waals surface area contributed by atoms with Gasteiger partial charge >= 0.3 is 11.9 Å². The minimum Gasteiger partial charge on any atom is -0.462 e. The van der Waals surface area contributed by atoms with E-state index < -0.39 is 0 Å². The summed E-state index contributed by atoms with van der Waals surface area (Å²) >= 11 is 1.64. The number of fused-ring (bicyclic) bond motifs is 1. The predicted octanol–water partition coefficient (Wildman–Crippen LogP) is 15.6. The molecule has 0 bridgehead atoms. The highest BCUT2D eigenvalue weighted by Crippen LogP contribution is 2.33. The van der Waals surface area contributed by atoms with E-state index in [4.69, 9.17) is 9.47 Å². The van der Waals surface area contributed by atoms with Gasteiger partial charge in [-0.1, -0.05) is 157 Å². The van der Waals surface area contributed by atoms with Gasteiger partial charge in [-0.15, -0.1) is 11.3 Å². The largest absolute Gasteiger partial charge is 0.462 e. The number of ether oxygens (including phenoxy) is 2. The van der Waals surface area contributed by atoms with Crippen LogP contribution < -0.4 is 5.32 Å². The van der Waals surface area contributed by atoms with Crippen molar-refractivity contribution in [1.82, 2.24) is 15.1 Å². The van der Waals surface area contributed by atoms with Crippen molar-refractivity contribution in [3.63, 3.8) is 0 Å². The van der Waals surface area contributed by atoms with Gasteiger partial charge in [0.05, 0.1) is 12.1 Å². The fraction of sp³-hybridized carbons (Fsp3) is 0.847. The molecule has 1 aliphatic heterocycles. The maximum Gasteiger partial charge on any atom is 0.306 e. The summed E-state index contributed by atoms with van der Waals surface area (Å²) in [6.45, 7) is 17.6. The molecule has 1 aromatic heterocycles. The topological polar surface area (TPSA) is 122 Å². The number of esters is 2. The molecule has 0 fully saturated rings. The molecule has 0 aromatic carbocycles. The smallest absolute Gasteiger partial charge is 0.306 e. The Labute approximate surface area is 434 Å². The van der Waals surface area contributed by atoms with E-state index in [-0.39, 0.29) is 36.0 Å². The molecule has 1 aromatic rings. The lowest BCUT2D eigenvalue weighted by Crippen LogP contribution is -2.36. The van der Waals surface area contributed by atoms with Crippen LogP contribution in [0.25, 0.3) is 0 Å². The van der Waals surface area contributed by atoms with Crippen molar-refractivity contribution in [2.45, 2.75) is 292 Å². The van der Waals surface area contributed by atoms with E-state index in [9.17, 15) is 24.0 Å². The lowest BCUT2D eigenvalue weighted by molar-refractivity contribution is -0.151. The molecule has 10 nitrogen and oxygen atoms in total. The quantitative estimate of drug-likeness (QED) is 0.0390. The highest BCUT2D eigenvalue weighted by molar-refractivity contribution is 7.12. The van der Waals surface area contributed by atoms with Crippen molar-refractivity contribution in [2.24, 2.45) is 0 Å². The number of nitrogens with one attached hydrogen (secondary N) is 1. The van der Waals surface area contributed by atoms with E-state index in [1.807, 2.05) is 44.7 Å². The Kier molecular flexibility index (Phi) is 45.3. The molecule has 0 aliphatic carbocycles. The van der Waals surface area contributed by atoms with Crippen LogP contribution in [0.5, 0.6) is 0 Å². The number of hydrogen-bond acceptors (Lipinski definition) is 9. The van der Waals surface area contributed by atoms with E-state index in [0.717, 1.165) is 91.5 Å². The van der Waals surface area contributed by atoms with E-state index in [1.165, 1.54) is 122 Å². The molecule has 70 heavy (non-hydrogen) atoms. The summed E-state index contributed by atoms with van der Waals surface area (Å²) in [5.74, 6) is -0.0503. The molecule has 0 saturated heterocycles. The van der Waals surface area contributed by atoms with Crippen LogP contribution in [-0.4, -0.2) is 85.8 Å². The molecular formula is C59H109N3O7S. The van der Waals surface area contributed by atoms with Gasteiger partial charge in [-0.3, -0.25) is 19.2 Å². The van der Waals surface area contributed by atoms with Crippen molar-refractivity contribution in [3.05, 3.63) is 20.9 Å². The molecule has 2 rings (SSSR count). The van der Waals surface area contributed by atoms with Crippen LogP contribution in [0.2, 0.25) is 0 Å². The minimum atomic E-state index is -0.104. The average molecular weight is 1000 g/mol. The second-order valence-electron chi connectivity index (χ2n) is 19.9. The second-order valence-corrected chi connectivity index (χ2v) is 21.2. The van der Waals surface area contributed by atoms with Gasteiger partial charge in [-0.05, 0) is 110 Å². The number of hydrogen-bond donors (Lipinski definition) is 1. The minimum absolute atomic E-state index is 0.00491.